The standard InChI is InChI=1S/C15H17NO3S/c1-2-19-15(18)16-10-12-8-9-13(20-12)14(17)11-6-4-3-5-7-11/h3-9,14,17H,2,10H2,1H3,(H,16,18)/t14-/m1/s1. The smallest absolute Gasteiger partial charge is 0.407 e. The van der Waals surface area contributed by atoms with E-state index in [0.29, 0.717) is 13.2 Å². The number of carbonyl (C=O) groups is 1. The van der Waals surface area contributed by atoms with Crippen molar-refractivity contribution in [3.05, 3.63) is 57.8 Å². The molecule has 1 heterocycles. The molecule has 106 valence electrons. The number of rotatable bonds is 5. The molecule has 0 bridgehead atoms. The summed E-state index contributed by atoms with van der Waals surface area (Å²) in [6.07, 6.45) is -1.05. The van der Waals surface area contributed by atoms with Crippen LogP contribution in [0.5, 0.6) is 0 Å². The van der Waals surface area contributed by atoms with Gasteiger partial charge in [-0.05, 0) is 24.6 Å². The molecule has 4 nitrogen and oxygen atoms in total. The van der Waals surface area contributed by atoms with Gasteiger partial charge in [0.2, 0.25) is 0 Å². The number of hydrogen-bond donors (Lipinski definition) is 2. The Labute approximate surface area is 122 Å². The van der Waals surface area contributed by atoms with E-state index in [-0.39, 0.29) is 0 Å². The molecule has 1 atom stereocenters. The van der Waals surface area contributed by atoms with Crippen LogP contribution in [0.3, 0.4) is 0 Å². The van der Waals surface area contributed by atoms with E-state index >= 15 is 0 Å². The van der Waals surface area contributed by atoms with E-state index in [4.69, 9.17) is 4.74 Å². The van der Waals surface area contributed by atoms with Gasteiger partial charge >= 0.3 is 6.09 Å². The van der Waals surface area contributed by atoms with Gasteiger partial charge in [0.05, 0.1) is 13.2 Å². The number of aliphatic hydroxyl groups is 1. The summed E-state index contributed by atoms with van der Waals surface area (Å²) in [5, 5.41) is 12.9. The highest BCUT2D eigenvalue weighted by Gasteiger charge is 2.13. The van der Waals surface area contributed by atoms with Crippen LogP contribution in [-0.4, -0.2) is 17.8 Å². The maximum Gasteiger partial charge on any atom is 0.407 e. The van der Waals surface area contributed by atoms with Crippen LogP contribution in [-0.2, 0) is 11.3 Å². The van der Waals surface area contributed by atoms with Gasteiger partial charge < -0.3 is 15.2 Å². The van der Waals surface area contributed by atoms with E-state index in [9.17, 15) is 9.90 Å². The third-order valence-corrected chi connectivity index (χ3v) is 3.89. The summed E-state index contributed by atoms with van der Waals surface area (Å²) in [5.41, 5.74) is 0.860. The maximum absolute atomic E-state index is 11.2. The molecule has 0 aliphatic carbocycles. The quantitative estimate of drug-likeness (QED) is 0.890. The molecule has 5 heteroatoms. The largest absolute Gasteiger partial charge is 0.450 e. The Morgan fingerprint density at radius 3 is 2.75 bits per heavy atom. The van der Waals surface area contributed by atoms with Crippen molar-refractivity contribution >= 4 is 17.4 Å². The van der Waals surface area contributed by atoms with Crippen LogP contribution in [0, 0.1) is 0 Å². The molecule has 1 aromatic heterocycles. The van der Waals surface area contributed by atoms with Crippen LogP contribution in [0.2, 0.25) is 0 Å². The highest BCUT2D eigenvalue weighted by atomic mass is 32.1. The Kier molecular flexibility index (Phi) is 5.15. The lowest BCUT2D eigenvalue weighted by atomic mass is 10.1. The van der Waals surface area contributed by atoms with Gasteiger partial charge in [-0.3, -0.25) is 0 Å². The normalized spacial score (nSPS) is 11.9. The highest BCUT2D eigenvalue weighted by molar-refractivity contribution is 7.12. The van der Waals surface area contributed by atoms with Crippen LogP contribution < -0.4 is 5.32 Å². The summed E-state index contributed by atoms with van der Waals surface area (Å²) in [5.74, 6) is 0. The number of benzene rings is 1. The molecule has 0 radical (unpaired) electrons. The average molecular weight is 291 g/mol. The zero-order valence-corrected chi connectivity index (χ0v) is 12.0. The Bertz CT molecular complexity index is 553. The minimum absolute atomic E-state index is 0.355. The van der Waals surface area contributed by atoms with E-state index < -0.39 is 12.2 Å². The highest BCUT2D eigenvalue weighted by Crippen LogP contribution is 2.28. The Morgan fingerprint density at radius 1 is 1.30 bits per heavy atom. The molecule has 0 aliphatic heterocycles. The predicted octanol–water partition coefficient (Wildman–Crippen LogP) is 3.08. The van der Waals surface area contributed by atoms with Gasteiger partial charge in [-0.25, -0.2) is 4.79 Å². The van der Waals surface area contributed by atoms with Crippen molar-refractivity contribution in [2.75, 3.05) is 6.61 Å². The number of hydrogen-bond acceptors (Lipinski definition) is 4. The fourth-order valence-corrected chi connectivity index (χ4v) is 2.74. The lowest BCUT2D eigenvalue weighted by molar-refractivity contribution is 0.152. The van der Waals surface area contributed by atoms with E-state index in [1.807, 2.05) is 42.5 Å². The third kappa shape index (κ3) is 3.82. The first-order valence-electron chi connectivity index (χ1n) is 6.43. The van der Waals surface area contributed by atoms with Crippen molar-refractivity contribution in [3.63, 3.8) is 0 Å². The SMILES string of the molecule is CCOC(=O)NCc1ccc([C@H](O)c2ccccc2)s1. The number of aliphatic hydroxyl groups excluding tert-OH is 1. The average Bonchev–Trinajstić information content (AvgIpc) is 2.94. The Hall–Kier alpha value is -1.85. The van der Waals surface area contributed by atoms with Gasteiger partial charge in [0.15, 0.2) is 0 Å². The topological polar surface area (TPSA) is 58.6 Å². The van der Waals surface area contributed by atoms with Gasteiger partial charge in [-0.2, -0.15) is 0 Å². The minimum atomic E-state index is -0.627. The molecule has 2 N–H and O–H groups in total. The fraction of sp³-hybridized carbons (Fsp3) is 0.267. The summed E-state index contributed by atoms with van der Waals surface area (Å²) < 4.78 is 4.79. The van der Waals surface area contributed by atoms with E-state index in [1.54, 1.807) is 6.92 Å². The third-order valence-electron chi connectivity index (χ3n) is 2.75. The van der Waals surface area contributed by atoms with E-state index in [2.05, 4.69) is 5.32 Å². The summed E-state index contributed by atoms with van der Waals surface area (Å²) in [6.45, 7) is 2.53. The fourth-order valence-electron chi connectivity index (χ4n) is 1.78. The molecule has 0 unspecified atom stereocenters. The van der Waals surface area contributed by atoms with Crippen molar-refractivity contribution in [1.29, 1.82) is 0 Å². The van der Waals surface area contributed by atoms with Crippen LogP contribution >= 0.6 is 11.3 Å². The van der Waals surface area contributed by atoms with Gasteiger partial charge in [0.25, 0.3) is 0 Å². The second-order valence-electron chi connectivity index (χ2n) is 4.19. The van der Waals surface area contributed by atoms with Crippen molar-refractivity contribution < 1.29 is 14.6 Å². The molecular weight excluding hydrogens is 274 g/mol. The predicted molar refractivity (Wildman–Crippen MR) is 78.7 cm³/mol. The second-order valence-corrected chi connectivity index (χ2v) is 5.39. The molecule has 0 fully saturated rings. The zero-order valence-electron chi connectivity index (χ0n) is 11.2. The zero-order chi connectivity index (χ0) is 14.4. The number of nitrogens with one attached hydrogen (secondary N) is 1. The van der Waals surface area contributed by atoms with Gasteiger partial charge in [-0.15, -0.1) is 11.3 Å². The number of alkyl carbamates (subject to hydrolysis) is 1. The van der Waals surface area contributed by atoms with Crippen molar-refractivity contribution in [2.45, 2.75) is 19.6 Å². The maximum atomic E-state index is 11.2. The van der Waals surface area contributed by atoms with Crippen molar-refractivity contribution in [2.24, 2.45) is 0 Å². The molecule has 0 saturated carbocycles. The lowest BCUT2D eigenvalue weighted by Gasteiger charge is -2.08. The van der Waals surface area contributed by atoms with Crippen LogP contribution in [0.1, 0.15) is 28.3 Å². The second kappa shape index (κ2) is 7.07. The van der Waals surface area contributed by atoms with Gasteiger partial charge in [-0.1, -0.05) is 30.3 Å². The molecule has 0 aliphatic rings. The number of thiophene rings is 1. The van der Waals surface area contributed by atoms with Gasteiger partial charge in [0.1, 0.15) is 6.10 Å². The minimum Gasteiger partial charge on any atom is -0.450 e. The first kappa shape index (κ1) is 14.6. The molecule has 1 aromatic carbocycles. The summed E-state index contributed by atoms with van der Waals surface area (Å²) >= 11 is 1.48. The number of carbonyl (C=O) groups excluding carboxylic acids is 1. The Morgan fingerprint density at radius 2 is 2.05 bits per heavy atom. The Balaban J connectivity index is 1.97. The molecule has 1 amide bonds. The first-order chi connectivity index (χ1) is 9.70. The van der Waals surface area contributed by atoms with Crippen molar-refractivity contribution in [1.82, 2.24) is 5.32 Å². The van der Waals surface area contributed by atoms with E-state index in [0.717, 1.165) is 15.3 Å². The number of amides is 1. The number of ether oxygens (including phenoxy) is 1. The lowest BCUT2D eigenvalue weighted by Crippen LogP contribution is -2.23. The summed E-state index contributed by atoms with van der Waals surface area (Å²) in [7, 11) is 0. The molecule has 0 spiro atoms. The van der Waals surface area contributed by atoms with Crippen LogP contribution in [0.25, 0.3) is 0 Å². The monoisotopic (exact) mass is 291 g/mol. The summed E-state index contributed by atoms with van der Waals surface area (Å²) in [6, 6.07) is 13.3. The molecule has 2 aromatic rings. The van der Waals surface area contributed by atoms with Crippen molar-refractivity contribution in [3.8, 4) is 0 Å². The first-order valence-corrected chi connectivity index (χ1v) is 7.24. The molecule has 2 rings (SSSR count). The molecule has 0 saturated heterocycles. The summed E-state index contributed by atoms with van der Waals surface area (Å²) in [4.78, 5) is 13.0. The molecular formula is C15H17NO3S. The molecule has 20 heavy (non-hydrogen) atoms. The van der Waals surface area contributed by atoms with Gasteiger partial charge in [0, 0.05) is 9.75 Å². The van der Waals surface area contributed by atoms with Crippen LogP contribution in [0.15, 0.2) is 42.5 Å². The van der Waals surface area contributed by atoms with E-state index in [1.165, 1.54) is 11.3 Å². The van der Waals surface area contributed by atoms with Crippen LogP contribution in [0.4, 0.5) is 4.79 Å².